The fourth-order valence-corrected chi connectivity index (χ4v) is 2.38. The Morgan fingerprint density at radius 2 is 2.29 bits per heavy atom. The Morgan fingerprint density at radius 3 is 2.86 bits per heavy atom. The summed E-state index contributed by atoms with van der Waals surface area (Å²) < 4.78 is 11.0. The molecule has 0 spiro atoms. The minimum absolute atomic E-state index is 0.00545. The zero-order chi connectivity index (χ0) is 15.4. The topological polar surface area (TPSA) is 64.4 Å². The lowest BCUT2D eigenvalue weighted by Crippen LogP contribution is -2.18. The molecule has 0 radical (unpaired) electrons. The minimum Gasteiger partial charge on any atom is -0.465 e. The molecule has 1 aromatic heterocycles. The third kappa shape index (κ3) is 3.92. The van der Waals surface area contributed by atoms with E-state index >= 15 is 0 Å². The lowest BCUT2D eigenvalue weighted by atomic mass is 10.1. The van der Waals surface area contributed by atoms with E-state index in [2.05, 4.69) is 26.2 Å². The van der Waals surface area contributed by atoms with E-state index in [1.54, 1.807) is 18.3 Å². The molecule has 112 valence electrons. The standard InChI is InChI=1S/C15H17BrN2O3/c1-9-7-18-14(21-9)10(2)17-8-12-5-4-11(6-13(12)16)15(19)20-3/h4-7,10,17H,8H2,1-3H3. The fourth-order valence-electron chi connectivity index (χ4n) is 1.86. The summed E-state index contributed by atoms with van der Waals surface area (Å²) in [5.41, 5.74) is 1.56. The number of nitrogens with one attached hydrogen (secondary N) is 1. The monoisotopic (exact) mass is 352 g/mol. The molecule has 0 aliphatic rings. The Kier molecular flexibility index (Phi) is 5.14. The maximum absolute atomic E-state index is 11.5. The number of nitrogens with zero attached hydrogens (tertiary/aromatic N) is 1. The number of methoxy groups -OCH3 is 1. The van der Waals surface area contributed by atoms with E-state index in [-0.39, 0.29) is 12.0 Å². The van der Waals surface area contributed by atoms with Crippen LogP contribution in [-0.2, 0) is 11.3 Å². The number of ether oxygens (including phenoxy) is 1. The van der Waals surface area contributed by atoms with Crippen LogP contribution in [0.1, 0.15) is 40.5 Å². The molecule has 6 heteroatoms. The number of rotatable bonds is 5. The highest BCUT2D eigenvalue weighted by Crippen LogP contribution is 2.20. The van der Waals surface area contributed by atoms with Gasteiger partial charge in [0.2, 0.25) is 5.89 Å². The van der Waals surface area contributed by atoms with Crippen molar-refractivity contribution in [3.8, 4) is 0 Å². The Hall–Kier alpha value is -1.66. The normalized spacial score (nSPS) is 12.2. The Morgan fingerprint density at radius 1 is 1.52 bits per heavy atom. The van der Waals surface area contributed by atoms with Gasteiger partial charge in [-0.3, -0.25) is 0 Å². The smallest absolute Gasteiger partial charge is 0.337 e. The number of halogens is 1. The summed E-state index contributed by atoms with van der Waals surface area (Å²) in [6, 6.07) is 5.39. The van der Waals surface area contributed by atoms with Gasteiger partial charge in [0.1, 0.15) is 5.76 Å². The van der Waals surface area contributed by atoms with Gasteiger partial charge >= 0.3 is 5.97 Å². The maximum Gasteiger partial charge on any atom is 0.337 e. The van der Waals surface area contributed by atoms with Gasteiger partial charge in [0.05, 0.1) is 24.9 Å². The number of oxazole rings is 1. The highest BCUT2D eigenvalue weighted by Gasteiger charge is 2.12. The van der Waals surface area contributed by atoms with Gasteiger partial charge in [-0.2, -0.15) is 0 Å². The summed E-state index contributed by atoms with van der Waals surface area (Å²) in [5.74, 6) is 1.11. The molecule has 0 saturated carbocycles. The molecule has 1 aromatic carbocycles. The van der Waals surface area contributed by atoms with Gasteiger partial charge in [-0.15, -0.1) is 0 Å². The van der Waals surface area contributed by atoms with Crippen molar-refractivity contribution in [3.05, 3.63) is 51.6 Å². The Bertz CT molecular complexity index is 640. The van der Waals surface area contributed by atoms with Gasteiger partial charge in [0.25, 0.3) is 0 Å². The molecule has 2 rings (SSSR count). The molecule has 2 aromatic rings. The second-order valence-corrected chi connectivity index (χ2v) is 5.56. The molecule has 1 unspecified atom stereocenters. The Labute approximate surface area is 131 Å². The van der Waals surface area contributed by atoms with E-state index in [1.807, 2.05) is 19.9 Å². The van der Waals surface area contributed by atoms with Crippen molar-refractivity contribution >= 4 is 21.9 Å². The highest BCUT2D eigenvalue weighted by molar-refractivity contribution is 9.10. The van der Waals surface area contributed by atoms with Crippen LogP contribution >= 0.6 is 15.9 Å². The summed E-state index contributed by atoms with van der Waals surface area (Å²) in [6.45, 7) is 4.48. The highest BCUT2D eigenvalue weighted by atomic mass is 79.9. The van der Waals surface area contributed by atoms with Crippen LogP contribution in [0.5, 0.6) is 0 Å². The maximum atomic E-state index is 11.5. The van der Waals surface area contributed by atoms with Crippen LogP contribution in [0, 0.1) is 6.92 Å². The first-order valence-electron chi connectivity index (χ1n) is 6.53. The fraction of sp³-hybridized carbons (Fsp3) is 0.333. The number of hydrogen-bond donors (Lipinski definition) is 1. The van der Waals surface area contributed by atoms with Gasteiger partial charge in [-0.05, 0) is 31.5 Å². The lowest BCUT2D eigenvalue weighted by molar-refractivity contribution is 0.0600. The SMILES string of the molecule is COC(=O)c1ccc(CNC(C)c2ncc(C)o2)c(Br)c1. The van der Waals surface area contributed by atoms with E-state index in [0.29, 0.717) is 18.0 Å². The number of benzene rings is 1. The molecule has 1 N–H and O–H groups in total. The predicted octanol–water partition coefficient (Wildman–Crippen LogP) is 3.38. The van der Waals surface area contributed by atoms with Crippen LogP contribution in [0.3, 0.4) is 0 Å². The molecule has 21 heavy (non-hydrogen) atoms. The largest absolute Gasteiger partial charge is 0.465 e. The van der Waals surface area contributed by atoms with Crippen LogP contribution in [-0.4, -0.2) is 18.1 Å². The molecular formula is C15H17BrN2O3. The van der Waals surface area contributed by atoms with E-state index in [4.69, 9.17) is 9.15 Å². The van der Waals surface area contributed by atoms with Crippen LogP contribution in [0.2, 0.25) is 0 Å². The van der Waals surface area contributed by atoms with Crippen molar-refractivity contribution in [1.82, 2.24) is 10.3 Å². The average Bonchev–Trinajstić information content (AvgIpc) is 2.91. The van der Waals surface area contributed by atoms with Gasteiger partial charge in [-0.1, -0.05) is 22.0 Å². The van der Waals surface area contributed by atoms with E-state index in [9.17, 15) is 4.79 Å². The molecule has 5 nitrogen and oxygen atoms in total. The van der Waals surface area contributed by atoms with Crippen LogP contribution in [0.25, 0.3) is 0 Å². The van der Waals surface area contributed by atoms with Crippen molar-refractivity contribution in [2.24, 2.45) is 0 Å². The van der Waals surface area contributed by atoms with Crippen LogP contribution < -0.4 is 5.32 Å². The van der Waals surface area contributed by atoms with Gasteiger partial charge in [0.15, 0.2) is 0 Å². The molecule has 1 heterocycles. The van der Waals surface area contributed by atoms with Gasteiger partial charge in [0, 0.05) is 11.0 Å². The molecule has 0 fully saturated rings. The van der Waals surface area contributed by atoms with Crippen LogP contribution in [0.4, 0.5) is 0 Å². The number of aromatic nitrogens is 1. The third-order valence-electron chi connectivity index (χ3n) is 3.08. The van der Waals surface area contributed by atoms with Gasteiger partial charge < -0.3 is 14.5 Å². The molecule has 0 aliphatic carbocycles. The molecule has 0 aliphatic heterocycles. The first-order chi connectivity index (χ1) is 10.0. The predicted molar refractivity (Wildman–Crippen MR) is 82.0 cm³/mol. The molecule has 0 saturated heterocycles. The average molecular weight is 353 g/mol. The molecule has 0 bridgehead atoms. The lowest BCUT2D eigenvalue weighted by Gasteiger charge is -2.12. The van der Waals surface area contributed by atoms with Crippen molar-refractivity contribution in [2.75, 3.05) is 7.11 Å². The third-order valence-corrected chi connectivity index (χ3v) is 3.82. The van der Waals surface area contributed by atoms with E-state index in [0.717, 1.165) is 15.8 Å². The van der Waals surface area contributed by atoms with E-state index < -0.39 is 0 Å². The summed E-state index contributed by atoms with van der Waals surface area (Å²) in [6.07, 6.45) is 1.70. The number of esters is 1. The number of carbonyl (C=O) groups excluding carboxylic acids is 1. The summed E-state index contributed by atoms with van der Waals surface area (Å²) in [7, 11) is 1.37. The summed E-state index contributed by atoms with van der Waals surface area (Å²) in [4.78, 5) is 15.6. The number of aryl methyl sites for hydroxylation is 1. The Balaban J connectivity index is 2.01. The van der Waals surface area contributed by atoms with Crippen molar-refractivity contribution in [3.63, 3.8) is 0 Å². The van der Waals surface area contributed by atoms with Crippen molar-refractivity contribution < 1.29 is 13.9 Å². The first-order valence-corrected chi connectivity index (χ1v) is 7.33. The zero-order valence-corrected chi connectivity index (χ0v) is 13.7. The van der Waals surface area contributed by atoms with E-state index in [1.165, 1.54) is 7.11 Å². The van der Waals surface area contributed by atoms with Crippen molar-refractivity contribution in [2.45, 2.75) is 26.4 Å². The number of hydrogen-bond acceptors (Lipinski definition) is 5. The second-order valence-electron chi connectivity index (χ2n) is 4.71. The quantitative estimate of drug-likeness (QED) is 0.835. The molecular weight excluding hydrogens is 336 g/mol. The summed E-state index contributed by atoms with van der Waals surface area (Å²) >= 11 is 3.47. The number of carbonyl (C=O) groups is 1. The van der Waals surface area contributed by atoms with Crippen LogP contribution in [0.15, 0.2) is 33.3 Å². The van der Waals surface area contributed by atoms with Gasteiger partial charge in [-0.25, -0.2) is 9.78 Å². The first kappa shape index (κ1) is 15.7. The summed E-state index contributed by atoms with van der Waals surface area (Å²) in [5, 5.41) is 3.33. The molecule has 1 atom stereocenters. The van der Waals surface area contributed by atoms with Crippen molar-refractivity contribution in [1.29, 1.82) is 0 Å². The second kappa shape index (κ2) is 6.87. The minimum atomic E-state index is -0.348. The zero-order valence-electron chi connectivity index (χ0n) is 12.1. The molecule has 0 amide bonds.